The number of likely N-dealkylation sites (tertiary alicyclic amines) is 1. The van der Waals surface area contributed by atoms with Crippen molar-refractivity contribution in [1.29, 1.82) is 0 Å². The molecule has 67 heavy (non-hydrogen) atoms. The lowest BCUT2D eigenvalue weighted by Crippen LogP contribution is -2.58. The smallest absolute Gasteiger partial charge is 0.245 e. The van der Waals surface area contributed by atoms with Gasteiger partial charge < -0.3 is 75.3 Å². The van der Waals surface area contributed by atoms with Gasteiger partial charge in [0.2, 0.25) is 53.2 Å². The number of nitrogens with one attached hydrogen (secondary N) is 7. The van der Waals surface area contributed by atoms with E-state index in [0.29, 0.717) is 36.9 Å². The van der Waals surface area contributed by atoms with Gasteiger partial charge in [0, 0.05) is 25.9 Å². The average Bonchev–Trinajstić information content (AvgIpc) is 3.80. The number of primary amides is 1. The first kappa shape index (κ1) is 54.0. The molecule has 366 valence electrons. The summed E-state index contributed by atoms with van der Waals surface area (Å²) in [6.07, 6.45) is 1.05. The number of aliphatic hydroxyl groups is 1. The average molecular weight is 938 g/mol. The Balaban J connectivity index is 1.72. The second-order valence-electron chi connectivity index (χ2n) is 16.1. The second-order valence-corrected chi connectivity index (χ2v) is 16.1. The molecule has 1 fully saturated rings. The minimum atomic E-state index is -1.48. The lowest BCUT2D eigenvalue weighted by Gasteiger charge is -2.26. The first-order chi connectivity index (χ1) is 31.8. The van der Waals surface area contributed by atoms with Crippen molar-refractivity contribution in [1.82, 2.24) is 42.1 Å². The van der Waals surface area contributed by atoms with Crippen molar-refractivity contribution in [3.05, 3.63) is 65.7 Å². The van der Waals surface area contributed by atoms with Gasteiger partial charge in [-0.1, -0.05) is 56.3 Å². The Morgan fingerprint density at radius 2 is 1.28 bits per heavy atom. The molecule has 17 N–H and O–H groups in total. The molecule has 6 atom stereocenters. The first-order valence-electron chi connectivity index (χ1n) is 21.7. The Labute approximate surface area is 387 Å². The molecular weight excluding hydrogens is 875 g/mol. The van der Waals surface area contributed by atoms with Gasteiger partial charge in [-0.15, -0.1) is 0 Å². The molecule has 2 aromatic rings. The number of aromatic hydroxyl groups is 1. The van der Waals surface area contributed by atoms with E-state index < -0.39 is 115 Å². The van der Waals surface area contributed by atoms with Crippen LogP contribution in [0.2, 0.25) is 0 Å². The van der Waals surface area contributed by atoms with Crippen molar-refractivity contribution >= 4 is 59.1 Å². The second kappa shape index (κ2) is 27.2. The zero-order valence-corrected chi connectivity index (χ0v) is 37.5. The number of amides is 9. The molecule has 0 bridgehead atoms. The van der Waals surface area contributed by atoms with Crippen LogP contribution in [-0.2, 0) is 56.0 Å². The number of guanidine groups is 1. The van der Waals surface area contributed by atoms with Crippen LogP contribution < -0.4 is 60.2 Å². The van der Waals surface area contributed by atoms with Crippen molar-refractivity contribution < 1.29 is 53.4 Å². The number of carbonyl (C=O) groups excluding carboxylic acids is 9. The van der Waals surface area contributed by atoms with Gasteiger partial charge in [0.1, 0.15) is 42.0 Å². The highest BCUT2D eigenvalue weighted by Gasteiger charge is 2.36. The van der Waals surface area contributed by atoms with Crippen LogP contribution in [0.15, 0.2) is 59.6 Å². The third kappa shape index (κ3) is 18.2. The molecule has 0 saturated carbocycles. The minimum Gasteiger partial charge on any atom is -0.508 e. The van der Waals surface area contributed by atoms with Crippen LogP contribution in [0.25, 0.3) is 0 Å². The monoisotopic (exact) mass is 937 g/mol. The molecule has 0 radical (unpaired) electrons. The molecular formula is C43H63N13O11. The van der Waals surface area contributed by atoms with E-state index in [2.05, 4.69) is 42.2 Å². The fraction of sp³-hybridized carbons (Fsp3) is 0.488. The predicted molar refractivity (Wildman–Crippen MR) is 242 cm³/mol. The molecule has 1 heterocycles. The fourth-order valence-corrected chi connectivity index (χ4v) is 6.96. The van der Waals surface area contributed by atoms with Crippen LogP contribution in [0, 0.1) is 5.92 Å². The van der Waals surface area contributed by atoms with Crippen molar-refractivity contribution in [3.63, 3.8) is 0 Å². The van der Waals surface area contributed by atoms with Gasteiger partial charge in [-0.3, -0.25) is 48.1 Å². The molecule has 1 aliphatic rings. The summed E-state index contributed by atoms with van der Waals surface area (Å²) in [6, 6.07) is 6.97. The van der Waals surface area contributed by atoms with E-state index in [-0.39, 0.29) is 44.1 Å². The number of rotatable bonds is 26. The Morgan fingerprint density at radius 3 is 1.85 bits per heavy atom. The minimum absolute atomic E-state index is 0.0628. The third-order valence-corrected chi connectivity index (χ3v) is 10.5. The number of phenols is 1. The summed E-state index contributed by atoms with van der Waals surface area (Å²) in [5.74, 6) is -7.59. The van der Waals surface area contributed by atoms with E-state index in [9.17, 15) is 53.4 Å². The van der Waals surface area contributed by atoms with Crippen LogP contribution in [0.4, 0.5) is 0 Å². The SMILES string of the molecule is CC(C)C(NC(=O)CNC(=O)C(Cc1ccc(O)cc1)NC(=O)C(Cc1ccccc1)NC(=O)CNC(=O)C(CO)NC(=O)C1CCCN1C(=O)CN)C(=O)NC(CCCN=C(N)N)C(N)=O. The summed E-state index contributed by atoms with van der Waals surface area (Å²) in [5, 5.41) is 37.2. The summed E-state index contributed by atoms with van der Waals surface area (Å²) in [6.45, 7) is 1.28. The summed E-state index contributed by atoms with van der Waals surface area (Å²) in [4.78, 5) is 123. The number of aliphatic imine (C=N–C) groups is 1. The molecule has 0 aromatic heterocycles. The van der Waals surface area contributed by atoms with Crippen LogP contribution in [-0.4, -0.2) is 150 Å². The van der Waals surface area contributed by atoms with Crippen LogP contribution in [0.1, 0.15) is 50.7 Å². The molecule has 1 saturated heterocycles. The van der Waals surface area contributed by atoms with E-state index in [1.807, 2.05) is 0 Å². The number of benzene rings is 2. The summed E-state index contributed by atoms with van der Waals surface area (Å²) in [5.41, 5.74) is 22.7. The van der Waals surface area contributed by atoms with Gasteiger partial charge in [-0.2, -0.15) is 0 Å². The van der Waals surface area contributed by atoms with Gasteiger partial charge >= 0.3 is 0 Å². The zero-order valence-electron chi connectivity index (χ0n) is 37.5. The molecule has 6 unspecified atom stereocenters. The van der Waals surface area contributed by atoms with Gasteiger partial charge in [0.05, 0.1) is 26.2 Å². The molecule has 1 aliphatic heterocycles. The Kier molecular flexibility index (Phi) is 21.9. The van der Waals surface area contributed by atoms with E-state index in [0.717, 1.165) is 0 Å². The van der Waals surface area contributed by atoms with Gasteiger partial charge in [-0.05, 0) is 54.9 Å². The predicted octanol–water partition coefficient (Wildman–Crippen LogP) is -5.03. The highest BCUT2D eigenvalue weighted by Crippen LogP contribution is 2.18. The van der Waals surface area contributed by atoms with Gasteiger partial charge in [-0.25, -0.2) is 0 Å². The van der Waals surface area contributed by atoms with Gasteiger partial charge in [0.15, 0.2) is 5.96 Å². The molecule has 0 aliphatic carbocycles. The maximum atomic E-state index is 14.0. The maximum Gasteiger partial charge on any atom is 0.245 e. The van der Waals surface area contributed by atoms with Crippen molar-refractivity contribution in [3.8, 4) is 5.75 Å². The lowest BCUT2D eigenvalue weighted by molar-refractivity contribution is -0.139. The van der Waals surface area contributed by atoms with E-state index in [1.165, 1.54) is 29.2 Å². The van der Waals surface area contributed by atoms with Crippen LogP contribution in [0.3, 0.4) is 0 Å². The normalized spacial score (nSPS) is 15.4. The van der Waals surface area contributed by atoms with Crippen molar-refractivity contribution in [2.24, 2.45) is 33.8 Å². The molecule has 3 rings (SSSR count). The Morgan fingerprint density at radius 1 is 0.716 bits per heavy atom. The fourth-order valence-electron chi connectivity index (χ4n) is 6.96. The Hall–Kier alpha value is -7.34. The number of nitrogens with two attached hydrogens (primary N) is 4. The topological polar surface area (TPSA) is 398 Å². The van der Waals surface area contributed by atoms with Crippen molar-refractivity contribution in [2.75, 3.05) is 39.3 Å². The van der Waals surface area contributed by atoms with E-state index in [4.69, 9.17) is 22.9 Å². The summed E-state index contributed by atoms with van der Waals surface area (Å²) < 4.78 is 0. The van der Waals surface area contributed by atoms with E-state index in [1.54, 1.807) is 44.2 Å². The van der Waals surface area contributed by atoms with Crippen LogP contribution in [0.5, 0.6) is 5.75 Å². The maximum absolute atomic E-state index is 14.0. The van der Waals surface area contributed by atoms with Gasteiger partial charge in [0.25, 0.3) is 0 Å². The summed E-state index contributed by atoms with van der Waals surface area (Å²) in [7, 11) is 0. The largest absolute Gasteiger partial charge is 0.508 e. The zero-order chi connectivity index (χ0) is 49.6. The van der Waals surface area contributed by atoms with E-state index >= 15 is 0 Å². The highest BCUT2D eigenvalue weighted by atomic mass is 16.3. The molecule has 2 aromatic carbocycles. The quantitative estimate of drug-likeness (QED) is 0.0239. The van der Waals surface area contributed by atoms with Crippen molar-refractivity contribution in [2.45, 2.75) is 88.6 Å². The molecule has 24 heteroatoms. The molecule has 9 amide bonds. The molecule has 0 spiro atoms. The highest BCUT2D eigenvalue weighted by molar-refractivity contribution is 5.97. The number of hydrogen-bond acceptors (Lipinski definition) is 13. The number of phenolic OH excluding ortho intramolecular Hbond substituents is 1. The number of hydrogen-bond donors (Lipinski definition) is 13. The number of nitrogens with zero attached hydrogens (tertiary/aromatic N) is 2. The standard InChI is InChI=1S/C43H63N13O11/c1-24(2)36(42(67)52-28(37(45)62)10-6-16-48-43(46)47)55-34(60)22-49-38(63)29(19-26-12-14-27(58)15-13-26)53-40(65)30(18-25-8-4-3-5-9-25)51-33(59)21-50-39(64)31(23-57)54-41(66)32-11-7-17-56(32)35(61)20-44/h3-5,8-9,12-15,24,28-32,36,57-58H,6-7,10-11,16-23,44H2,1-2H3,(H2,45,62)(H,49,63)(H,50,64)(H,51,59)(H,52,67)(H,53,65)(H,54,66)(H,55,60)(H4,46,47,48). The molecule has 24 nitrogen and oxygen atoms in total. The Bertz CT molecular complexity index is 2070. The number of aliphatic hydroxyl groups excluding tert-OH is 1. The first-order valence-corrected chi connectivity index (χ1v) is 21.7. The third-order valence-electron chi connectivity index (χ3n) is 10.5. The lowest BCUT2D eigenvalue weighted by atomic mass is 10.0. The van der Waals surface area contributed by atoms with Crippen LogP contribution >= 0.6 is 0 Å². The summed E-state index contributed by atoms with van der Waals surface area (Å²) >= 11 is 0. The number of carbonyl (C=O) groups is 9.